The van der Waals surface area contributed by atoms with Crippen molar-refractivity contribution < 1.29 is 14.3 Å². The molecule has 5 nitrogen and oxygen atoms in total. The molecule has 0 spiro atoms. The molecular formula is C21H18N2O3S. The molecule has 2 aliphatic rings. The van der Waals surface area contributed by atoms with Gasteiger partial charge in [-0.1, -0.05) is 18.2 Å². The molecule has 0 atom stereocenters. The van der Waals surface area contributed by atoms with Gasteiger partial charge in [-0.15, -0.1) is 11.3 Å². The number of ether oxygens (including phenoxy) is 2. The number of benzene rings is 2. The zero-order valence-electron chi connectivity index (χ0n) is 14.7. The SMILES string of the molecule is O=C(Cc1ccc2c(c1)CCC2)Nc1nc(-c2ccc3c(c2)OCO3)cs1. The van der Waals surface area contributed by atoms with Crippen LogP contribution in [0.1, 0.15) is 23.1 Å². The summed E-state index contributed by atoms with van der Waals surface area (Å²) in [5.41, 5.74) is 5.62. The van der Waals surface area contributed by atoms with Gasteiger partial charge < -0.3 is 14.8 Å². The standard InChI is InChI=1S/C21H18N2O3S/c24-20(9-13-4-5-14-2-1-3-15(14)8-13)23-21-22-17(11-27-21)16-6-7-18-19(10-16)26-12-25-18/h4-8,10-11H,1-3,9,12H2,(H,22,23,24). The molecule has 0 fully saturated rings. The summed E-state index contributed by atoms with van der Waals surface area (Å²) in [5, 5.41) is 5.45. The fourth-order valence-corrected chi connectivity index (χ4v) is 4.34. The molecule has 136 valence electrons. The maximum Gasteiger partial charge on any atom is 0.231 e. The molecule has 0 saturated carbocycles. The van der Waals surface area contributed by atoms with E-state index in [0.717, 1.165) is 41.2 Å². The summed E-state index contributed by atoms with van der Waals surface area (Å²) < 4.78 is 10.7. The van der Waals surface area contributed by atoms with Crippen LogP contribution in [-0.2, 0) is 24.1 Å². The molecule has 2 heterocycles. The Morgan fingerprint density at radius 1 is 1.07 bits per heavy atom. The van der Waals surface area contributed by atoms with Gasteiger partial charge in [0.05, 0.1) is 12.1 Å². The summed E-state index contributed by atoms with van der Waals surface area (Å²) in [6.45, 7) is 0.250. The first-order valence-corrected chi connectivity index (χ1v) is 9.89. The summed E-state index contributed by atoms with van der Waals surface area (Å²) in [6.07, 6.45) is 3.86. The first-order valence-electron chi connectivity index (χ1n) is 9.01. The number of hydrogen-bond donors (Lipinski definition) is 1. The van der Waals surface area contributed by atoms with E-state index in [4.69, 9.17) is 9.47 Å². The minimum atomic E-state index is -0.0421. The van der Waals surface area contributed by atoms with Gasteiger partial charge in [-0.3, -0.25) is 4.79 Å². The predicted molar refractivity (Wildman–Crippen MR) is 104 cm³/mol. The lowest BCUT2D eigenvalue weighted by Gasteiger charge is -2.05. The number of carbonyl (C=O) groups excluding carboxylic acids is 1. The van der Waals surface area contributed by atoms with Crippen molar-refractivity contribution >= 4 is 22.4 Å². The second-order valence-corrected chi connectivity index (χ2v) is 7.65. The summed E-state index contributed by atoms with van der Waals surface area (Å²) in [6, 6.07) is 12.1. The molecular weight excluding hydrogens is 360 g/mol. The number of aromatic nitrogens is 1. The molecule has 0 bridgehead atoms. The highest BCUT2D eigenvalue weighted by Gasteiger charge is 2.16. The van der Waals surface area contributed by atoms with Crippen molar-refractivity contribution in [2.45, 2.75) is 25.7 Å². The number of amides is 1. The van der Waals surface area contributed by atoms with Crippen molar-refractivity contribution in [2.24, 2.45) is 0 Å². The summed E-state index contributed by atoms with van der Waals surface area (Å²) in [7, 11) is 0. The van der Waals surface area contributed by atoms with E-state index in [-0.39, 0.29) is 12.7 Å². The monoisotopic (exact) mass is 378 g/mol. The minimum absolute atomic E-state index is 0.0421. The lowest BCUT2D eigenvalue weighted by Crippen LogP contribution is -2.14. The molecule has 1 amide bonds. The first kappa shape index (κ1) is 16.3. The Morgan fingerprint density at radius 2 is 1.96 bits per heavy atom. The molecule has 0 unspecified atom stereocenters. The van der Waals surface area contributed by atoms with Gasteiger partial charge in [0, 0.05) is 10.9 Å². The molecule has 27 heavy (non-hydrogen) atoms. The van der Waals surface area contributed by atoms with E-state index < -0.39 is 0 Å². The molecule has 6 heteroatoms. The van der Waals surface area contributed by atoms with Crippen molar-refractivity contribution in [2.75, 3.05) is 12.1 Å². The average molecular weight is 378 g/mol. The van der Waals surface area contributed by atoms with Crippen LogP contribution in [0.5, 0.6) is 11.5 Å². The highest BCUT2D eigenvalue weighted by atomic mass is 32.1. The van der Waals surface area contributed by atoms with Crippen molar-refractivity contribution in [3.05, 3.63) is 58.5 Å². The Balaban J connectivity index is 1.27. The molecule has 5 rings (SSSR count). The lowest BCUT2D eigenvalue weighted by atomic mass is 10.0. The lowest BCUT2D eigenvalue weighted by molar-refractivity contribution is -0.115. The highest BCUT2D eigenvalue weighted by Crippen LogP contribution is 2.36. The smallest absolute Gasteiger partial charge is 0.231 e. The number of carbonyl (C=O) groups is 1. The molecule has 1 aliphatic heterocycles. The topological polar surface area (TPSA) is 60.5 Å². The third kappa shape index (κ3) is 3.28. The summed E-state index contributed by atoms with van der Waals surface area (Å²) in [5.74, 6) is 1.43. The van der Waals surface area contributed by atoms with Crippen molar-refractivity contribution in [1.29, 1.82) is 0 Å². The average Bonchev–Trinajstić information content (AvgIpc) is 3.40. The second kappa shape index (κ2) is 6.70. The van der Waals surface area contributed by atoms with E-state index in [2.05, 4.69) is 28.5 Å². The molecule has 0 radical (unpaired) electrons. The predicted octanol–water partition coefficient (Wildman–Crippen LogP) is 4.21. The molecule has 1 N–H and O–H groups in total. The number of rotatable bonds is 4. The number of nitrogens with one attached hydrogen (secondary N) is 1. The van der Waals surface area contributed by atoms with Gasteiger partial charge in [-0.05, 0) is 54.2 Å². The molecule has 0 saturated heterocycles. The van der Waals surface area contributed by atoms with Crippen molar-refractivity contribution in [3.63, 3.8) is 0 Å². The van der Waals surface area contributed by atoms with Gasteiger partial charge >= 0.3 is 0 Å². The van der Waals surface area contributed by atoms with E-state index in [1.807, 2.05) is 23.6 Å². The Kier molecular flexibility index (Phi) is 4.05. The van der Waals surface area contributed by atoms with E-state index >= 15 is 0 Å². The Labute approximate surface area is 161 Å². The maximum atomic E-state index is 12.4. The second-order valence-electron chi connectivity index (χ2n) is 6.79. The molecule has 2 aromatic carbocycles. The number of aryl methyl sites for hydroxylation is 2. The van der Waals surface area contributed by atoms with E-state index in [9.17, 15) is 4.79 Å². The van der Waals surface area contributed by atoms with Gasteiger partial charge in [-0.25, -0.2) is 4.98 Å². The summed E-state index contributed by atoms with van der Waals surface area (Å²) >= 11 is 1.42. The molecule has 1 aliphatic carbocycles. The van der Waals surface area contributed by atoms with Crippen molar-refractivity contribution in [3.8, 4) is 22.8 Å². The Hall–Kier alpha value is -2.86. The maximum absolute atomic E-state index is 12.4. The van der Waals surface area contributed by atoms with Gasteiger partial charge in [0.15, 0.2) is 16.6 Å². The fourth-order valence-electron chi connectivity index (χ4n) is 3.60. The summed E-state index contributed by atoms with van der Waals surface area (Å²) in [4.78, 5) is 16.9. The van der Waals surface area contributed by atoms with Crippen LogP contribution in [-0.4, -0.2) is 17.7 Å². The third-order valence-corrected chi connectivity index (χ3v) is 5.70. The van der Waals surface area contributed by atoms with Crippen LogP contribution in [0.2, 0.25) is 0 Å². The highest BCUT2D eigenvalue weighted by molar-refractivity contribution is 7.14. The van der Waals surface area contributed by atoms with Gasteiger partial charge in [0.25, 0.3) is 0 Å². The normalized spacial score (nSPS) is 14.2. The largest absolute Gasteiger partial charge is 0.454 e. The van der Waals surface area contributed by atoms with Gasteiger partial charge in [0.2, 0.25) is 12.7 Å². The van der Waals surface area contributed by atoms with E-state index in [1.165, 1.54) is 28.9 Å². The fraction of sp³-hybridized carbons (Fsp3) is 0.238. The van der Waals surface area contributed by atoms with Crippen LogP contribution in [0.15, 0.2) is 41.8 Å². The number of hydrogen-bond acceptors (Lipinski definition) is 5. The Morgan fingerprint density at radius 3 is 2.93 bits per heavy atom. The number of thiazole rings is 1. The number of fused-ring (bicyclic) bond motifs is 2. The van der Waals surface area contributed by atoms with Crippen molar-refractivity contribution in [1.82, 2.24) is 4.98 Å². The quantitative estimate of drug-likeness (QED) is 0.739. The van der Waals surface area contributed by atoms with Crippen LogP contribution in [0, 0.1) is 0 Å². The number of anilines is 1. The molecule has 3 aromatic rings. The van der Waals surface area contributed by atoms with Crippen LogP contribution in [0.3, 0.4) is 0 Å². The van der Waals surface area contributed by atoms with Crippen LogP contribution in [0.4, 0.5) is 5.13 Å². The minimum Gasteiger partial charge on any atom is -0.454 e. The first-order chi connectivity index (χ1) is 13.2. The zero-order chi connectivity index (χ0) is 18.2. The molecule has 1 aromatic heterocycles. The van der Waals surface area contributed by atoms with Gasteiger partial charge in [0.1, 0.15) is 0 Å². The number of nitrogens with zero attached hydrogens (tertiary/aromatic N) is 1. The van der Waals surface area contributed by atoms with E-state index in [1.54, 1.807) is 0 Å². The van der Waals surface area contributed by atoms with Gasteiger partial charge in [-0.2, -0.15) is 0 Å². The third-order valence-electron chi connectivity index (χ3n) is 4.95. The van der Waals surface area contributed by atoms with Crippen LogP contribution >= 0.6 is 11.3 Å². The van der Waals surface area contributed by atoms with Crippen LogP contribution in [0.25, 0.3) is 11.3 Å². The van der Waals surface area contributed by atoms with Crippen LogP contribution < -0.4 is 14.8 Å². The zero-order valence-corrected chi connectivity index (χ0v) is 15.5. The Bertz CT molecular complexity index is 1030. The van der Waals surface area contributed by atoms with E-state index in [0.29, 0.717) is 11.6 Å².